The zero-order valence-electron chi connectivity index (χ0n) is 17.8. The van der Waals surface area contributed by atoms with Gasteiger partial charge in [-0.2, -0.15) is 0 Å². The van der Waals surface area contributed by atoms with Gasteiger partial charge < -0.3 is 0 Å². The average molecular weight is 180 g/mol. The lowest BCUT2D eigenvalue weighted by atomic mass is 10.1. The van der Waals surface area contributed by atoms with Crippen molar-refractivity contribution in [1.82, 2.24) is 0 Å². The molecule has 0 spiro atoms. The highest BCUT2D eigenvalue weighted by molar-refractivity contribution is 4.45. The fourth-order valence-electron chi connectivity index (χ4n) is 1.01. The Balaban J connectivity index is 4.95. The van der Waals surface area contributed by atoms with Gasteiger partial charge in [-0.15, -0.1) is 0 Å². The second kappa shape index (κ2) is 11.0. The molecule has 0 saturated carbocycles. The van der Waals surface area contributed by atoms with Crippen LogP contribution in [0.1, 0.15) is 91.5 Å². The Bertz CT molecular complexity index is 333. The fourth-order valence-corrected chi connectivity index (χ4v) is 1.01. The summed E-state index contributed by atoms with van der Waals surface area (Å²) in [7, 11) is 0. The van der Waals surface area contributed by atoms with E-state index in [0.29, 0.717) is 6.42 Å². The van der Waals surface area contributed by atoms with Gasteiger partial charge in [0.2, 0.25) is 0 Å². The van der Waals surface area contributed by atoms with E-state index < -0.39 is 32.4 Å². The zero-order valence-corrected chi connectivity index (χ0v) is 7.82. The molecule has 0 heteroatoms. The van der Waals surface area contributed by atoms with E-state index in [9.17, 15) is 0 Å². The summed E-state index contributed by atoms with van der Waals surface area (Å²) in [6, 6.07) is 0. The molecule has 0 rings (SSSR count). The minimum Gasteiger partial charge on any atom is -0.0654 e. The maximum atomic E-state index is 7.83. The molecule has 74 valence electrons. The Labute approximate surface area is 92.8 Å². The van der Waals surface area contributed by atoms with E-state index >= 15 is 0 Å². The predicted molar refractivity (Wildman–Crippen MR) is 57.5 cm³/mol. The molecular formula is C12H26. The quantitative estimate of drug-likeness (QED) is 0.441. The molecule has 1 unspecified atom stereocenters. The lowest BCUT2D eigenvalue weighted by Gasteiger charge is -1.99. The van der Waals surface area contributed by atoms with Crippen LogP contribution in [-0.4, -0.2) is 0 Å². The zero-order chi connectivity index (χ0) is 17.8. The smallest absolute Gasteiger partial charge is 0.0267 e. The van der Waals surface area contributed by atoms with Crippen molar-refractivity contribution in [3.63, 3.8) is 0 Å². The van der Waals surface area contributed by atoms with Crippen molar-refractivity contribution < 1.29 is 13.7 Å². The highest BCUT2D eigenvalue weighted by Crippen LogP contribution is 2.09. The largest absolute Gasteiger partial charge is 0.0654 e. The average Bonchev–Trinajstić information content (AvgIpc) is 2.36. The molecule has 0 aliphatic heterocycles. The third-order valence-corrected chi connectivity index (χ3v) is 1.69. The van der Waals surface area contributed by atoms with Crippen LogP contribution in [0.3, 0.4) is 0 Å². The van der Waals surface area contributed by atoms with Gasteiger partial charge in [-0.3, -0.25) is 0 Å². The van der Waals surface area contributed by atoms with Gasteiger partial charge in [0.25, 0.3) is 0 Å². The molecule has 0 aromatic rings. The van der Waals surface area contributed by atoms with Crippen molar-refractivity contribution in [2.24, 2.45) is 0 Å². The van der Waals surface area contributed by atoms with Crippen LogP contribution < -0.4 is 0 Å². The van der Waals surface area contributed by atoms with E-state index in [1.54, 1.807) is 0 Å². The molecule has 0 aliphatic carbocycles. The number of hydrogen-bond donors (Lipinski definition) is 0. The monoisotopic (exact) mass is 180 g/mol. The summed E-state index contributed by atoms with van der Waals surface area (Å²) in [5.41, 5.74) is 0. The molecule has 0 fully saturated rings. The van der Waals surface area contributed by atoms with Gasteiger partial charge >= 0.3 is 0 Å². The standard InChI is InChI=1S/C12H26/c1-3-5-7-9-11-12-10-8-6-4-2/h3-12H2,1-2H3/i1D3,3D2,5D2,7D2,9D. The fraction of sp³-hybridized carbons (Fsp3) is 1.00. The molecule has 0 aromatic carbocycles. The minimum atomic E-state index is -3.37. The van der Waals surface area contributed by atoms with E-state index in [0.717, 1.165) is 25.7 Å². The summed E-state index contributed by atoms with van der Waals surface area (Å²) in [6.07, 6.45) is -6.61. The van der Waals surface area contributed by atoms with Crippen LogP contribution in [0.15, 0.2) is 0 Å². The molecule has 0 bridgehead atoms. The predicted octanol–water partition coefficient (Wildman–Crippen LogP) is 4.93. The van der Waals surface area contributed by atoms with E-state index in [1.165, 1.54) is 0 Å². The molecule has 12 heavy (non-hydrogen) atoms. The molecular weight excluding hydrogens is 144 g/mol. The first-order valence-electron chi connectivity index (χ1n) is 9.73. The molecule has 0 saturated heterocycles. The highest BCUT2D eigenvalue weighted by Gasteiger charge is 1.90. The lowest BCUT2D eigenvalue weighted by molar-refractivity contribution is 0.562. The van der Waals surface area contributed by atoms with Crippen LogP contribution in [0.25, 0.3) is 0 Å². The maximum Gasteiger partial charge on any atom is 0.0267 e. The number of hydrogen-bond acceptors (Lipinski definition) is 0. The summed E-state index contributed by atoms with van der Waals surface area (Å²) in [5, 5.41) is 0. The van der Waals surface area contributed by atoms with Crippen molar-refractivity contribution in [2.45, 2.75) is 77.8 Å². The molecule has 0 aromatic heterocycles. The van der Waals surface area contributed by atoms with Crippen LogP contribution in [0, 0.1) is 0 Å². The second-order valence-electron chi connectivity index (χ2n) is 2.80. The Hall–Kier alpha value is 0. The molecule has 0 aliphatic rings. The van der Waals surface area contributed by atoms with Gasteiger partial charge in [0.15, 0.2) is 0 Å². The van der Waals surface area contributed by atoms with Gasteiger partial charge in [0, 0.05) is 13.7 Å². The van der Waals surface area contributed by atoms with E-state index in [-0.39, 0.29) is 6.42 Å². The topological polar surface area (TPSA) is 0 Å². The summed E-state index contributed by atoms with van der Waals surface area (Å²) >= 11 is 0. The minimum absolute atomic E-state index is 0.0767. The SMILES string of the molecule is [2H]C(CCCCCCC)C([2H])([2H])C([2H])([2H])C([2H])([2H])C([2H])([2H])[2H]. The van der Waals surface area contributed by atoms with Crippen molar-refractivity contribution in [3.05, 3.63) is 0 Å². The number of rotatable bonds is 9. The summed E-state index contributed by atoms with van der Waals surface area (Å²) in [6.45, 7) is -1.25. The van der Waals surface area contributed by atoms with Crippen LogP contribution in [-0.2, 0) is 0 Å². The molecule has 0 heterocycles. The van der Waals surface area contributed by atoms with Crippen LogP contribution in [0.2, 0.25) is 0 Å². The molecule has 0 nitrogen and oxygen atoms in total. The third-order valence-electron chi connectivity index (χ3n) is 1.69. The first kappa shape index (κ1) is 3.29. The third kappa shape index (κ3) is 10.0. The van der Waals surface area contributed by atoms with Crippen LogP contribution >= 0.6 is 0 Å². The normalized spacial score (nSPS) is 30.1. The van der Waals surface area contributed by atoms with E-state index in [1.807, 2.05) is 0 Å². The summed E-state index contributed by atoms with van der Waals surface area (Å²) < 4.78 is 75.2. The van der Waals surface area contributed by atoms with Gasteiger partial charge in [0.1, 0.15) is 0 Å². The Morgan fingerprint density at radius 3 is 2.50 bits per heavy atom. The lowest BCUT2D eigenvalue weighted by Crippen LogP contribution is -1.80. The van der Waals surface area contributed by atoms with Crippen LogP contribution in [0.4, 0.5) is 0 Å². The van der Waals surface area contributed by atoms with Gasteiger partial charge in [-0.05, 0) is 0 Å². The summed E-state index contributed by atoms with van der Waals surface area (Å²) in [4.78, 5) is 0. The van der Waals surface area contributed by atoms with Crippen molar-refractivity contribution in [1.29, 1.82) is 0 Å². The Morgan fingerprint density at radius 1 is 1.00 bits per heavy atom. The Kier molecular flexibility index (Phi) is 3.02. The molecule has 0 radical (unpaired) electrons. The number of unbranched alkanes of at least 4 members (excludes halogenated alkanes) is 4. The molecule has 0 amide bonds. The molecule has 0 N–H and O–H groups in total. The van der Waals surface area contributed by atoms with Crippen molar-refractivity contribution in [2.75, 3.05) is 0 Å². The highest BCUT2D eigenvalue weighted by atomic mass is 14.0. The van der Waals surface area contributed by atoms with Crippen LogP contribution in [0.5, 0.6) is 0 Å². The maximum absolute atomic E-state index is 7.83. The van der Waals surface area contributed by atoms with Gasteiger partial charge in [-0.1, -0.05) is 77.8 Å². The van der Waals surface area contributed by atoms with Crippen molar-refractivity contribution >= 4 is 0 Å². The first-order valence-corrected chi connectivity index (χ1v) is 4.65. The summed E-state index contributed by atoms with van der Waals surface area (Å²) in [5.74, 6) is 0. The second-order valence-corrected chi connectivity index (χ2v) is 2.80. The van der Waals surface area contributed by atoms with E-state index in [4.69, 9.17) is 13.7 Å². The Morgan fingerprint density at radius 2 is 1.75 bits per heavy atom. The van der Waals surface area contributed by atoms with E-state index in [2.05, 4.69) is 6.92 Å². The first-order chi connectivity index (χ1) is 9.73. The van der Waals surface area contributed by atoms with Gasteiger partial charge in [-0.25, -0.2) is 0 Å². The van der Waals surface area contributed by atoms with Gasteiger partial charge in [0.05, 0.1) is 0 Å². The van der Waals surface area contributed by atoms with Crippen molar-refractivity contribution in [3.8, 4) is 0 Å². The molecule has 1 atom stereocenters.